The zero-order valence-electron chi connectivity index (χ0n) is 7.43. The van der Waals surface area contributed by atoms with Gasteiger partial charge in [-0.3, -0.25) is 4.79 Å². The third-order valence-corrected chi connectivity index (χ3v) is 1.66. The molecule has 0 bridgehead atoms. The van der Waals surface area contributed by atoms with Crippen LogP contribution < -0.4 is 0 Å². The van der Waals surface area contributed by atoms with E-state index in [9.17, 15) is 4.79 Å². The Morgan fingerprint density at radius 1 is 1.64 bits per heavy atom. The minimum absolute atomic E-state index is 0.232. The SMILES string of the molecule is CC(=O)c1cc(C#N)ccc1N=[N+]=[N-]. The van der Waals surface area contributed by atoms with E-state index in [0.29, 0.717) is 5.56 Å². The monoisotopic (exact) mass is 186 g/mol. The molecule has 0 atom stereocenters. The van der Waals surface area contributed by atoms with Gasteiger partial charge in [-0.2, -0.15) is 5.26 Å². The fraction of sp³-hybridized carbons (Fsp3) is 0.111. The molecule has 0 aliphatic carbocycles. The highest BCUT2D eigenvalue weighted by Crippen LogP contribution is 2.21. The second kappa shape index (κ2) is 4.08. The molecule has 0 aromatic heterocycles. The van der Waals surface area contributed by atoms with Crippen molar-refractivity contribution in [3.05, 3.63) is 39.8 Å². The van der Waals surface area contributed by atoms with Gasteiger partial charge in [0, 0.05) is 16.2 Å². The molecule has 1 rings (SSSR count). The van der Waals surface area contributed by atoms with Crippen LogP contribution in [0.25, 0.3) is 10.4 Å². The van der Waals surface area contributed by atoms with E-state index >= 15 is 0 Å². The molecule has 5 heteroatoms. The van der Waals surface area contributed by atoms with Crippen molar-refractivity contribution in [1.29, 1.82) is 5.26 Å². The predicted octanol–water partition coefficient (Wildman–Crippen LogP) is 2.70. The minimum Gasteiger partial charge on any atom is -0.294 e. The van der Waals surface area contributed by atoms with Gasteiger partial charge >= 0.3 is 0 Å². The van der Waals surface area contributed by atoms with Crippen LogP contribution in [0.2, 0.25) is 0 Å². The summed E-state index contributed by atoms with van der Waals surface area (Å²) in [6, 6.07) is 6.26. The van der Waals surface area contributed by atoms with Crippen molar-refractivity contribution in [2.75, 3.05) is 0 Å². The van der Waals surface area contributed by atoms with Crippen LogP contribution in [0.3, 0.4) is 0 Å². The van der Waals surface area contributed by atoms with E-state index in [2.05, 4.69) is 10.0 Å². The lowest BCUT2D eigenvalue weighted by atomic mass is 10.1. The first kappa shape index (κ1) is 9.78. The second-order valence-electron chi connectivity index (χ2n) is 2.59. The summed E-state index contributed by atoms with van der Waals surface area (Å²) in [6.07, 6.45) is 0. The molecule has 0 unspecified atom stereocenters. The molecule has 0 aliphatic rings. The number of carbonyl (C=O) groups excluding carboxylic acids is 1. The molecule has 1 aromatic carbocycles. The lowest BCUT2D eigenvalue weighted by Crippen LogP contribution is -1.93. The normalized spacial score (nSPS) is 8.57. The van der Waals surface area contributed by atoms with Crippen LogP contribution in [0.1, 0.15) is 22.8 Å². The van der Waals surface area contributed by atoms with Gasteiger partial charge in [0.1, 0.15) is 0 Å². The van der Waals surface area contributed by atoms with Gasteiger partial charge in [0.25, 0.3) is 0 Å². The molecule has 0 heterocycles. The molecule has 14 heavy (non-hydrogen) atoms. The first-order chi connectivity index (χ1) is 6.69. The zero-order chi connectivity index (χ0) is 10.6. The van der Waals surface area contributed by atoms with Gasteiger partial charge in [-0.1, -0.05) is 11.2 Å². The maximum Gasteiger partial charge on any atom is 0.160 e. The van der Waals surface area contributed by atoms with E-state index in [1.165, 1.54) is 25.1 Å². The van der Waals surface area contributed by atoms with Gasteiger partial charge in [0.15, 0.2) is 5.78 Å². The maximum atomic E-state index is 11.1. The third kappa shape index (κ3) is 1.89. The van der Waals surface area contributed by atoms with Gasteiger partial charge in [-0.15, -0.1) is 0 Å². The van der Waals surface area contributed by atoms with Gasteiger partial charge < -0.3 is 0 Å². The van der Waals surface area contributed by atoms with E-state index in [-0.39, 0.29) is 17.0 Å². The Kier molecular flexibility index (Phi) is 2.85. The largest absolute Gasteiger partial charge is 0.294 e. The Morgan fingerprint density at radius 3 is 2.86 bits per heavy atom. The first-order valence-corrected chi connectivity index (χ1v) is 3.79. The Labute approximate surface area is 80.2 Å². The topological polar surface area (TPSA) is 89.6 Å². The van der Waals surface area contributed by atoms with Crippen LogP contribution in [-0.4, -0.2) is 5.78 Å². The van der Waals surface area contributed by atoms with Crippen molar-refractivity contribution in [1.82, 2.24) is 0 Å². The highest BCUT2D eigenvalue weighted by atomic mass is 16.1. The Morgan fingerprint density at radius 2 is 2.36 bits per heavy atom. The maximum absolute atomic E-state index is 11.1. The number of hydrogen-bond acceptors (Lipinski definition) is 3. The van der Waals surface area contributed by atoms with E-state index in [0.717, 1.165) is 0 Å². The molecule has 0 amide bonds. The number of nitriles is 1. The molecular formula is C9H6N4O. The Balaban J connectivity index is 3.39. The van der Waals surface area contributed by atoms with E-state index in [1.54, 1.807) is 0 Å². The summed E-state index contributed by atoms with van der Waals surface area (Å²) in [5, 5.41) is 12.0. The van der Waals surface area contributed by atoms with Gasteiger partial charge in [-0.25, -0.2) is 0 Å². The first-order valence-electron chi connectivity index (χ1n) is 3.79. The summed E-state index contributed by atoms with van der Waals surface area (Å²) in [4.78, 5) is 13.7. The number of nitrogens with zero attached hydrogens (tertiary/aromatic N) is 4. The summed E-state index contributed by atoms with van der Waals surface area (Å²) in [5.41, 5.74) is 9.12. The number of ketones is 1. The van der Waals surface area contributed by atoms with Crippen molar-refractivity contribution >= 4 is 11.5 Å². The predicted molar refractivity (Wildman–Crippen MR) is 50.0 cm³/mol. The fourth-order valence-electron chi connectivity index (χ4n) is 1.02. The van der Waals surface area contributed by atoms with Gasteiger partial charge in [-0.05, 0) is 24.6 Å². The molecule has 0 N–H and O–H groups in total. The van der Waals surface area contributed by atoms with Crippen LogP contribution >= 0.6 is 0 Å². The number of carbonyl (C=O) groups is 1. The summed E-state index contributed by atoms with van der Waals surface area (Å²) < 4.78 is 0. The summed E-state index contributed by atoms with van der Waals surface area (Å²) in [6.45, 7) is 1.35. The molecular weight excluding hydrogens is 180 g/mol. The van der Waals surface area contributed by atoms with E-state index in [4.69, 9.17) is 10.8 Å². The number of benzene rings is 1. The molecule has 1 aromatic rings. The Hall–Kier alpha value is -2.31. The lowest BCUT2D eigenvalue weighted by molar-refractivity contribution is 0.101. The van der Waals surface area contributed by atoms with Crippen LogP contribution in [-0.2, 0) is 0 Å². The highest BCUT2D eigenvalue weighted by molar-refractivity contribution is 5.99. The lowest BCUT2D eigenvalue weighted by Gasteiger charge is -2.00. The number of rotatable bonds is 2. The number of Topliss-reactive ketones (excluding diaryl/α,β-unsaturated/α-hetero) is 1. The number of hydrogen-bond donors (Lipinski definition) is 0. The second-order valence-corrected chi connectivity index (χ2v) is 2.59. The molecule has 0 aliphatic heterocycles. The molecule has 0 radical (unpaired) electrons. The summed E-state index contributed by atoms with van der Waals surface area (Å²) in [7, 11) is 0. The molecule has 0 spiro atoms. The third-order valence-electron chi connectivity index (χ3n) is 1.66. The van der Waals surface area contributed by atoms with Gasteiger partial charge in [0.2, 0.25) is 0 Å². The van der Waals surface area contributed by atoms with Crippen molar-refractivity contribution in [3.8, 4) is 6.07 Å². The number of azide groups is 1. The van der Waals surface area contributed by atoms with Crippen molar-refractivity contribution in [2.45, 2.75) is 6.92 Å². The van der Waals surface area contributed by atoms with Crippen LogP contribution in [0.4, 0.5) is 5.69 Å². The molecule has 0 fully saturated rings. The molecule has 68 valence electrons. The highest BCUT2D eigenvalue weighted by Gasteiger charge is 2.06. The smallest absolute Gasteiger partial charge is 0.160 e. The fourth-order valence-corrected chi connectivity index (χ4v) is 1.02. The molecule has 0 saturated carbocycles. The van der Waals surface area contributed by atoms with E-state index in [1.807, 2.05) is 6.07 Å². The average molecular weight is 186 g/mol. The van der Waals surface area contributed by atoms with Crippen molar-refractivity contribution in [2.24, 2.45) is 5.11 Å². The van der Waals surface area contributed by atoms with E-state index < -0.39 is 0 Å². The van der Waals surface area contributed by atoms with Gasteiger partial charge in [0.05, 0.1) is 11.6 Å². The summed E-state index contributed by atoms with van der Waals surface area (Å²) in [5.74, 6) is -0.232. The Bertz CT molecular complexity index is 466. The quantitative estimate of drug-likeness (QED) is 0.307. The summed E-state index contributed by atoms with van der Waals surface area (Å²) >= 11 is 0. The minimum atomic E-state index is -0.232. The standard InChI is InChI=1S/C9H6N4O/c1-6(14)8-4-7(5-10)2-3-9(8)12-13-11/h2-4H,1H3. The van der Waals surface area contributed by atoms with Crippen LogP contribution in [0.15, 0.2) is 23.3 Å². The van der Waals surface area contributed by atoms with Crippen LogP contribution in [0, 0.1) is 11.3 Å². The molecule has 5 nitrogen and oxygen atoms in total. The zero-order valence-corrected chi connectivity index (χ0v) is 7.43. The molecule has 0 saturated heterocycles. The van der Waals surface area contributed by atoms with Crippen molar-refractivity contribution in [3.63, 3.8) is 0 Å². The van der Waals surface area contributed by atoms with Crippen molar-refractivity contribution < 1.29 is 4.79 Å². The average Bonchev–Trinajstić information content (AvgIpc) is 2.18. The van der Waals surface area contributed by atoms with Crippen LogP contribution in [0.5, 0.6) is 0 Å².